The summed E-state index contributed by atoms with van der Waals surface area (Å²) in [5.41, 5.74) is 4.44. The third kappa shape index (κ3) is 7.44. The van der Waals surface area contributed by atoms with Crippen LogP contribution in [0.1, 0.15) is 21.5 Å². The molecule has 0 aliphatic heterocycles. The third-order valence-electron chi connectivity index (χ3n) is 4.82. The standard InChI is InChI=1S/C27H25BrN2O6/c1-4-6-18-9-11-22(24(13-18)33-2)35-17-26(31)30-29-16-19-10-12-23(25(14-19)34-3)36-27(32)20-7-5-8-21(28)15-20/h4-5,7-16H,1,6,17H2,2-3H3,(H,30,31)/b29-16-. The van der Waals surface area contributed by atoms with E-state index in [1.807, 2.05) is 18.2 Å². The number of benzene rings is 3. The van der Waals surface area contributed by atoms with Crippen molar-refractivity contribution in [2.24, 2.45) is 5.10 Å². The second-order valence-electron chi connectivity index (χ2n) is 7.37. The van der Waals surface area contributed by atoms with Gasteiger partial charge < -0.3 is 18.9 Å². The lowest BCUT2D eigenvalue weighted by Gasteiger charge is -2.11. The highest BCUT2D eigenvalue weighted by molar-refractivity contribution is 9.10. The maximum Gasteiger partial charge on any atom is 0.343 e. The molecule has 1 amide bonds. The van der Waals surface area contributed by atoms with Gasteiger partial charge >= 0.3 is 5.97 Å². The average molecular weight is 553 g/mol. The highest BCUT2D eigenvalue weighted by atomic mass is 79.9. The normalized spacial score (nSPS) is 10.5. The van der Waals surface area contributed by atoms with Crippen molar-refractivity contribution in [2.45, 2.75) is 6.42 Å². The molecule has 0 atom stereocenters. The van der Waals surface area contributed by atoms with Crippen LogP contribution in [0.2, 0.25) is 0 Å². The van der Waals surface area contributed by atoms with Crippen molar-refractivity contribution in [1.29, 1.82) is 0 Å². The topological polar surface area (TPSA) is 95.5 Å². The minimum atomic E-state index is -0.518. The molecule has 0 radical (unpaired) electrons. The number of allylic oxidation sites excluding steroid dienone is 1. The smallest absolute Gasteiger partial charge is 0.343 e. The molecule has 3 aromatic rings. The molecule has 1 N–H and O–H groups in total. The van der Waals surface area contributed by atoms with E-state index in [0.717, 1.165) is 10.0 Å². The molecule has 36 heavy (non-hydrogen) atoms. The highest BCUT2D eigenvalue weighted by Gasteiger charge is 2.13. The number of carbonyl (C=O) groups excluding carboxylic acids is 2. The van der Waals surface area contributed by atoms with Crippen molar-refractivity contribution in [1.82, 2.24) is 5.43 Å². The predicted octanol–water partition coefficient (Wildman–Crippen LogP) is 4.94. The fourth-order valence-corrected chi connectivity index (χ4v) is 3.50. The minimum Gasteiger partial charge on any atom is -0.493 e. The molecule has 3 rings (SSSR count). The molecule has 3 aromatic carbocycles. The Morgan fingerprint density at radius 1 is 0.972 bits per heavy atom. The molecule has 0 spiro atoms. The van der Waals surface area contributed by atoms with E-state index >= 15 is 0 Å². The Bertz CT molecular complexity index is 1270. The van der Waals surface area contributed by atoms with Crippen molar-refractivity contribution >= 4 is 34.0 Å². The molecule has 0 heterocycles. The largest absolute Gasteiger partial charge is 0.493 e. The Kier molecular flexibility index (Phi) is 9.64. The van der Waals surface area contributed by atoms with Crippen molar-refractivity contribution in [3.8, 4) is 23.0 Å². The first kappa shape index (κ1) is 26.5. The van der Waals surface area contributed by atoms with Crippen molar-refractivity contribution in [2.75, 3.05) is 20.8 Å². The van der Waals surface area contributed by atoms with Crippen LogP contribution in [0.25, 0.3) is 0 Å². The number of amides is 1. The Balaban J connectivity index is 1.56. The van der Waals surface area contributed by atoms with Crippen molar-refractivity contribution in [3.63, 3.8) is 0 Å². The molecule has 186 valence electrons. The van der Waals surface area contributed by atoms with E-state index in [0.29, 0.717) is 34.8 Å². The van der Waals surface area contributed by atoms with Crippen LogP contribution >= 0.6 is 15.9 Å². The lowest BCUT2D eigenvalue weighted by molar-refractivity contribution is -0.123. The number of methoxy groups -OCH3 is 2. The number of nitrogens with zero attached hydrogens (tertiary/aromatic N) is 1. The predicted molar refractivity (Wildman–Crippen MR) is 140 cm³/mol. The number of halogens is 1. The second-order valence-corrected chi connectivity index (χ2v) is 8.29. The van der Waals surface area contributed by atoms with Gasteiger partial charge in [-0.1, -0.05) is 34.1 Å². The summed E-state index contributed by atoms with van der Waals surface area (Å²) >= 11 is 3.33. The van der Waals surface area contributed by atoms with Crippen molar-refractivity contribution < 1.29 is 28.5 Å². The van der Waals surface area contributed by atoms with Gasteiger partial charge in [-0.25, -0.2) is 10.2 Å². The van der Waals surface area contributed by atoms with E-state index in [1.54, 1.807) is 48.5 Å². The Morgan fingerprint density at radius 2 is 1.72 bits per heavy atom. The van der Waals surface area contributed by atoms with Gasteiger partial charge in [0, 0.05) is 4.47 Å². The van der Waals surface area contributed by atoms with Crippen LogP contribution in [0.15, 0.2) is 82.9 Å². The number of hydrazone groups is 1. The van der Waals surface area contributed by atoms with Gasteiger partial charge in [-0.2, -0.15) is 5.10 Å². The summed E-state index contributed by atoms with van der Waals surface area (Å²) in [5, 5.41) is 3.94. The summed E-state index contributed by atoms with van der Waals surface area (Å²) in [4.78, 5) is 24.6. The average Bonchev–Trinajstić information content (AvgIpc) is 2.88. The fourth-order valence-electron chi connectivity index (χ4n) is 3.10. The van der Waals surface area contributed by atoms with Gasteiger partial charge in [0.05, 0.1) is 26.0 Å². The molecule has 8 nitrogen and oxygen atoms in total. The second kappa shape index (κ2) is 13.1. The van der Waals surface area contributed by atoms with Crippen LogP contribution in [0.3, 0.4) is 0 Å². The molecule has 0 aliphatic carbocycles. The van der Waals surface area contributed by atoms with Gasteiger partial charge in [0.25, 0.3) is 5.91 Å². The third-order valence-corrected chi connectivity index (χ3v) is 5.31. The highest BCUT2D eigenvalue weighted by Crippen LogP contribution is 2.29. The number of nitrogens with one attached hydrogen (secondary N) is 1. The minimum absolute atomic E-state index is 0.248. The summed E-state index contributed by atoms with van der Waals surface area (Å²) in [6, 6.07) is 17.2. The zero-order valence-electron chi connectivity index (χ0n) is 19.8. The number of esters is 1. The Morgan fingerprint density at radius 3 is 2.44 bits per heavy atom. The lowest BCUT2D eigenvalue weighted by Crippen LogP contribution is -2.24. The molecule has 0 aromatic heterocycles. The van der Waals surface area contributed by atoms with Gasteiger partial charge in [0.15, 0.2) is 29.6 Å². The number of rotatable bonds is 11. The Labute approximate surface area is 217 Å². The number of hydrogen-bond donors (Lipinski definition) is 1. The molecular formula is C27H25BrN2O6. The number of carbonyl (C=O) groups is 2. The van der Waals surface area contributed by atoms with E-state index < -0.39 is 11.9 Å². The van der Waals surface area contributed by atoms with E-state index in [2.05, 4.69) is 33.0 Å². The van der Waals surface area contributed by atoms with Gasteiger partial charge in [-0.05, 0) is 66.1 Å². The molecule has 0 fully saturated rings. The molecule has 9 heteroatoms. The summed E-state index contributed by atoms with van der Waals surface area (Å²) in [7, 11) is 3.00. The fraction of sp³-hybridized carbons (Fsp3) is 0.148. The molecule has 0 saturated heterocycles. The van der Waals surface area contributed by atoms with Crippen LogP contribution in [-0.4, -0.2) is 38.9 Å². The molecule has 0 unspecified atom stereocenters. The first-order chi connectivity index (χ1) is 17.4. The summed E-state index contributed by atoms with van der Waals surface area (Å²) < 4.78 is 22.4. The van der Waals surface area contributed by atoms with Gasteiger partial charge in [0.2, 0.25) is 0 Å². The van der Waals surface area contributed by atoms with Gasteiger partial charge in [0.1, 0.15) is 0 Å². The molecule has 0 aliphatic rings. The maximum atomic E-state index is 12.4. The zero-order valence-corrected chi connectivity index (χ0v) is 21.4. The van der Waals surface area contributed by atoms with E-state index in [1.165, 1.54) is 20.4 Å². The maximum absolute atomic E-state index is 12.4. The number of ether oxygens (including phenoxy) is 4. The van der Waals surface area contributed by atoms with Crippen LogP contribution in [0.5, 0.6) is 23.0 Å². The van der Waals surface area contributed by atoms with Crippen molar-refractivity contribution in [3.05, 3.63) is 94.5 Å². The van der Waals surface area contributed by atoms with E-state index in [9.17, 15) is 9.59 Å². The first-order valence-corrected chi connectivity index (χ1v) is 11.6. The van der Waals surface area contributed by atoms with Gasteiger partial charge in [-0.3, -0.25) is 4.79 Å². The van der Waals surface area contributed by atoms with Crippen LogP contribution < -0.4 is 24.4 Å². The summed E-state index contributed by atoms with van der Waals surface area (Å²) in [6.07, 6.45) is 3.93. The van der Waals surface area contributed by atoms with Crippen LogP contribution in [0, 0.1) is 0 Å². The quantitative estimate of drug-likeness (QED) is 0.119. The molecule has 0 bridgehead atoms. The zero-order chi connectivity index (χ0) is 25.9. The SMILES string of the molecule is C=CCc1ccc(OCC(=O)N/N=C\c2ccc(OC(=O)c3cccc(Br)c3)c(OC)c2)c(OC)c1. The summed E-state index contributed by atoms with van der Waals surface area (Å²) in [6.45, 7) is 3.47. The lowest BCUT2D eigenvalue weighted by atomic mass is 10.1. The summed E-state index contributed by atoms with van der Waals surface area (Å²) in [5.74, 6) is 0.597. The van der Waals surface area contributed by atoms with Gasteiger partial charge in [-0.15, -0.1) is 6.58 Å². The molecular weight excluding hydrogens is 528 g/mol. The van der Waals surface area contributed by atoms with Crippen LogP contribution in [-0.2, 0) is 11.2 Å². The van der Waals surface area contributed by atoms with E-state index in [-0.39, 0.29) is 12.4 Å². The molecule has 0 saturated carbocycles. The first-order valence-electron chi connectivity index (χ1n) is 10.8. The van der Waals surface area contributed by atoms with Crippen LogP contribution in [0.4, 0.5) is 0 Å². The Hall–Kier alpha value is -4.11. The number of hydrogen-bond acceptors (Lipinski definition) is 7. The van der Waals surface area contributed by atoms with E-state index in [4.69, 9.17) is 18.9 Å². The monoisotopic (exact) mass is 552 g/mol.